The van der Waals surface area contributed by atoms with Gasteiger partial charge < -0.3 is 9.88 Å². The van der Waals surface area contributed by atoms with Gasteiger partial charge in [0.1, 0.15) is 5.56 Å². The molecule has 0 unspecified atom stereocenters. The second-order valence-electron chi connectivity index (χ2n) is 7.37. The number of aromatic nitrogens is 1. The Morgan fingerprint density at radius 2 is 1.79 bits per heavy atom. The van der Waals surface area contributed by atoms with E-state index in [0.717, 1.165) is 49.8 Å². The van der Waals surface area contributed by atoms with E-state index in [0.29, 0.717) is 22.2 Å². The molecule has 1 N–H and O–H groups in total. The highest BCUT2D eigenvalue weighted by Crippen LogP contribution is 2.20. The third kappa shape index (κ3) is 6.35. The van der Waals surface area contributed by atoms with Gasteiger partial charge in [0.15, 0.2) is 0 Å². The van der Waals surface area contributed by atoms with Crippen molar-refractivity contribution in [1.29, 1.82) is 0 Å². The summed E-state index contributed by atoms with van der Waals surface area (Å²) >= 11 is 12.2. The molecule has 0 fully saturated rings. The van der Waals surface area contributed by atoms with E-state index >= 15 is 0 Å². The lowest BCUT2D eigenvalue weighted by Gasteiger charge is -2.17. The summed E-state index contributed by atoms with van der Waals surface area (Å²) in [5.41, 5.74) is 2.71. The van der Waals surface area contributed by atoms with Crippen LogP contribution in [-0.2, 0) is 19.5 Å². The Balaban J connectivity index is 2.28. The predicted molar refractivity (Wildman–Crippen MR) is 121 cm³/mol. The second-order valence-corrected chi connectivity index (χ2v) is 8.22. The number of nitrogens with one attached hydrogen (secondary N) is 1. The van der Waals surface area contributed by atoms with E-state index in [1.54, 1.807) is 28.8 Å². The SMILES string of the molecule is CCCCCc1c(C)cc(C(=O)NCc2cc(Cl)ccc2Cl)c(=O)n1CCCC. The Labute approximate surface area is 183 Å². The van der Waals surface area contributed by atoms with E-state index in [4.69, 9.17) is 23.2 Å². The van der Waals surface area contributed by atoms with E-state index in [2.05, 4.69) is 19.2 Å². The first-order valence-corrected chi connectivity index (χ1v) is 11.1. The number of aryl methyl sites for hydroxylation is 1. The average molecular weight is 437 g/mol. The molecule has 0 aliphatic heterocycles. The standard InChI is InChI=1S/C23H30Cl2N2O2/c1-4-6-8-9-21-16(3)13-19(23(29)27(21)12-7-5-2)22(28)26-15-17-14-18(24)10-11-20(17)25/h10-11,13-14H,4-9,12,15H2,1-3H3,(H,26,28). The smallest absolute Gasteiger partial charge is 0.263 e. The number of amides is 1. The zero-order valence-electron chi connectivity index (χ0n) is 17.5. The molecule has 1 aromatic carbocycles. The molecule has 6 heteroatoms. The summed E-state index contributed by atoms with van der Waals surface area (Å²) in [5.74, 6) is -0.389. The van der Waals surface area contributed by atoms with Crippen molar-refractivity contribution in [3.8, 4) is 0 Å². The van der Waals surface area contributed by atoms with Gasteiger partial charge in [-0.1, -0.05) is 56.3 Å². The fourth-order valence-corrected chi connectivity index (χ4v) is 3.76. The molecule has 1 heterocycles. The maximum absolute atomic E-state index is 13.1. The van der Waals surface area contributed by atoms with Gasteiger partial charge in [-0.05, 0) is 61.6 Å². The number of benzene rings is 1. The van der Waals surface area contributed by atoms with Crippen LogP contribution in [0.25, 0.3) is 0 Å². The van der Waals surface area contributed by atoms with E-state index in [1.165, 1.54) is 0 Å². The van der Waals surface area contributed by atoms with Crippen LogP contribution in [0.5, 0.6) is 0 Å². The van der Waals surface area contributed by atoms with Crippen molar-refractivity contribution in [1.82, 2.24) is 9.88 Å². The fourth-order valence-electron chi connectivity index (χ4n) is 3.38. The molecule has 1 aromatic heterocycles. The summed E-state index contributed by atoms with van der Waals surface area (Å²) < 4.78 is 1.80. The highest BCUT2D eigenvalue weighted by atomic mass is 35.5. The highest BCUT2D eigenvalue weighted by Gasteiger charge is 2.17. The van der Waals surface area contributed by atoms with Crippen molar-refractivity contribution in [2.75, 3.05) is 0 Å². The van der Waals surface area contributed by atoms with Crippen molar-refractivity contribution < 1.29 is 4.79 Å². The summed E-state index contributed by atoms with van der Waals surface area (Å²) in [5, 5.41) is 3.89. The first-order valence-electron chi connectivity index (χ1n) is 10.3. The van der Waals surface area contributed by atoms with Gasteiger partial charge in [-0.25, -0.2) is 0 Å². The zero-order valence-corrected chi connectivity index (χ0v) is 19.0. The number of halogens is 2. The summed E-state index contributed by atoms with van der Waals surface area (Å²) in [6.45, 7) is 7.09. The second kappa shape index (κ2) is 11.4. The van der Waals surface area contributed by atoms with Crippen LogP contribution in [0.15, 0.2) is 29.1 Å². The van der Waals surface area contributed by atoms with Crippen LogP contribution in [0.2, 0.25) is 10.0 Å². The van der Waals surface area contributed by atoms with Gasteiger partial charge >= 0.3 is 0 Å². The van der Waals surface area contributed by atoms with Crippen LogP contribution >= 0.6 is 23.2 Å². The molecule has 2 rings (SSSR count). The van der Waals surface area contributed by atoms with Crippen molar-refractivity contribution >= 4 is 29.1 Å². The molecular weight excluding hydrogens is 407 g/mol. The number of pyridine rings is 1. The van der Waals surface area contributed by atoms with Gasteiger partial charge in [0, 0.05) is 28.8 Å². The van der Waals surface area contributed by atoms with Gasteiger partial charge in [-0.3, -0.25) is 9.59 Å². The Kier molecular flexibility index (Phi) is 9.25. The Hall–Kier alpha value is -1.78. The molecule has 0 atom stereocenters. The maximum Gasteiger partial charge on any atom is 0.263 e. The molecule has 4 nitrogen and oxygen atoms in total. The van der Waals surface area contributed by atoms with Crippen molar-refractivity contribution in [2.24, 2.45) is 0 Å². The summed E-state index contributed by atoms with van der Waals surface area (Å²) in [6, 6.07) is 6.83. The van der Waals surface area contributed by atoms with Gasteiger partial charge in [-0.15, -0.1) is 0 Å². The third-order valence-electron chi connectivity index (χ3n) is 5.06. The van der Waals surface area contributed by atoms with Gasteiger partial charge in [0.2, 0.25) is 0 Å². The first-order chi connectivity index (χ1) is 13.9. The number of nitrogens with zero attached hydrogens (tertiary/aromatic N) is 1. The lowest BCUT2D eigenvalue weighted by atomic mass is 10.0. The molecule has 0 aliphatic rings. The normalized spacial score (nSPS) is 10.9. The summed E-state index contributed by atoms with van der Waals surface area (Å²) in [7, 11) is 0. The number of rotatable bonds is 10. The molecular formula is C23H30Cl2N2O2. The quantitative estimate of drug-likeness (QED) is 0.469. The number of hydrogen-bond donors (Lipinski definition) is 1. The maximum atomic E-state index is 13.1. The first kappa shape index (κ1) is 23.5. The number of carbonyl (C=O) groups is 1. The van der Waals surface area contributed by atoms with E-state index in [1.807, 2.05) is 6.92 Å². The minimum Gasteiger partial charge on any atom is -0.348 e. The summed E-state index contributed by atoms with van der Waals surface area (Å²) in [4.78, 5) is 25.9. The lowest BCUT2D eigenvalue weighted by Crippen LogP contribution is -2.35. The van der Waals surface area contributed by atoms with E-state index in [9.17, 15) is 9.59 Å². The Morgan fingerprint density at radius 1 is 1.07 bits per heavy atom. The van der Waals surface area contributed by atoms with Gasteiger partial charge in [-0.2, -0.15) is 0 Å². The van der Waals surface area contributed by atoms with Crippen LogP contribution in [0.1, 0.15) is 73.1 Å². The van der Waals surface area contributed by atoms with Crippen LogP contribution in [0, 0.1) is 6.92 Å². The molecule has 0 radical (unpaired) electrons. The summed E-state index contributed by atoms with van der Waals surface area (Å²) in [6.07, 6.45) is 6.06. The Bertz CT molecular complexity index is 906. The predicted octanol–water partition coefficient (Wildman–Crippen LogP) is 5.93. The molecule has 158 valence electrons. The van der Waals surface area contributed by atoms with Crippen LogP contribution in [-0.4, -0.2) is 10.5 Å². The minimum atomic E-state index is -0.389. The van der Waals surface area contributed by atoms with Crippen molar-refractivity contribution in [3.05, 3.63) is 67.0 Å². The molecule has 0 bridgehead atoms. The lowest BCUT2D eigenvalue weighted by molar-refractivity contribution is 0.0948. The largest absolute Gasteiger partial charge is 0.348 e. The Morgan fingerprint density at radius 3 is 2.48 bits per heavy atom. The zero-order chi connectivity index (χ0) is 21.4. The van der Waals surface area contributed by atoms with E-state index in [-0.39, 0.29) is 23.6 Å². The van der Waals surface area contributed by atoms with E-state index < -0.39 is 0 Å². The topological polar surface area (TPSA) is 51.1 Å². The molecule has 0 aliphatic carbocycles. The van der Waals surface area contributed by atoms with Crippen molar-refractivity contribution in [2.45, 2.75) is 72.4 Å². The minimum absolute atomic E-state index is 0.177. The molecule has 0 saturated carbocycles. The third-order valence-corrected chi connectivity index (χ3v) is 5.67. The molecule has 29 heavy (non-hydrogen) atoms. The molecule has 0 saturated heterocycles. The van der Waals surface area contributed by atoms with Gasteiger partial charge in [0.25, 0.3) is 11.5 Å². The number of hydrogen-bond acceptors (Lipinski definition) is 2. The monoisotopic (exact) mass is 436 g/mol. The van der Waals surface area contributed by atoms with Gasteiger partial charge in [0.05, 0.1) is 0 Å². The highest BCUT2D eigenvalue weighted by molar-refractivity contribution is 6.33. The molecule has 0 spiro atoms. The van der Waals surface area contributed by atoms with Crippen LogP contribution < -0.4 is 10.9 Å². The molecule has 2 aromatic rings. The average Bonchev–Trinajstić information content (AvgIpc) is 2.70. The number of unbranched alkanes of at least 4 members (excludes halogenated alkanes) is 3. The van der Waals surface area contributed by atoms with Crippen molar-refractivity contribution in [3.63, 3.8) is 0 Å². The fraction of sp³-hybridized carbons (Fsp3) is 0.478. The number of carbonyl (C=O) groups excluding carboxylic acids is 1. The van der Waals surface area contributed by atoms with Crippen LogP contribution in [0.3, 0.4) is 0 Å². The van der Waals surface area contributed by atoms with Crippen LogP contribution in [0.4, 0.5) is 0 Å². The molecule has 1 amide bonds.